The number of fused-ring (bicyclic) bond motifs is 1. The number of amides is 2. The number of carbonyl (C=O) groups is 2. The lowest BCUT2D eigenvalue weighted by molar-refractivity contribution is -0.139. The third kappa shape index (κ3) is 2.15. The van der Waals surface area contributed by atoms with Crippen molar-refractivity contribution in [1.82, 2.24) is 9.80 Å². The minimum Gasteiger partial charge on any atom is -0.454 e. The molecule has 0 unspecified atom stereocenters. The second-order valence-corrected chi connectivity index (χ2v) is 6.98. The maximum absolute atomic E-state index is 12.8. The number of benzene rings is 1. The molecule has 1 spiro atoms. The van der Waals surface area contributed by atoms with Crippen molar-refractivity contribution in [2.24, 2.45) is 0 Å². The van der Waals surface area contributed by atoms with Gasteiger partial charge in [-0.3, -0.25) is 9.59 Å². The largest absolute Gasteiger partial charge is 0.454 e. The first kappa shape index (κ1) is 15.0. The number of rotatable bonds is 3. The second-order valence-electron chi connectivity index (χ2n) is 6.98. The van der Waals surface area contributed by atoms with Crippen LogP contribution in [-0.2, 0) is 20.7 Å². The topological polar surface area (TPSA) is 68.3 Å². The van der Waals surface area contributed by atoms with E-state index in [1.807, 2.05) is 28.0 Å². The van der Waals surface area contributed by atoms with Crippen LogP contribution in [0.5, 0.6) is 11.5 Å². The molecule has 0 saturated carbocycles. The van der Waals surface area contributed by atoms with E-state index in [0.717, 1.165) is 23.5 Å². The molecule has 132 valence electrons. The predicted molar refractivity (Wildman–Crippen MR) is 86.0 cm³/mol. The molecule has 0 aliphatic carbocycles. The van der Waals surface area contributed by atoms with Crippen molar-refractivity contribution >= 4 is 11.8 Å². The monoisotopic (exact) mass is 344 g/mol. The standard InChI is InChI=1S/C18H20N2O5/c21-16(4-2-12-1-3-13-14(9-12)24-11-23-13)19-6-5-18-15(19)10-17(22)20(18)7-8-25-18/h1,3,9,15H,2,4-8,10-11H2/t15-,18+/m1/s1. The molecular weight excluding hydrogens is 324 g/mol. The van der Waals surface area contributed by atoms with Gasteiger partial charge in [-0.25, -0.2) is 0 Å². The molecule has 2 amide bonds. The van der Waals surface area contributed by atoms with Gasteiger partial charge in [-0.05, 0) is 24.1 Å². The second kappa shape index (κ2) is 5.36. The smallest absolute Gasteiger partial charge is 0.231 e. The number of carbonyl (C=O) groups excluding carboxylic acids is 2. The Hall–Kier alpha value is -2.28. The van der Waals surface area contributed by atoms with Crippen molar-refractivity contribution in [2.45, 2.75) is 37.5 Å². The van der Waals surface area contributed by atoms with Crippen LogP contribution in [0.4, 0.5) is 0 Å². The van der Waals surface area contributed by atoms with Gasteiger partial charge in [-0.2, -0.15) is 0 Å². The summed E-state index contributed by atoms with van der Waals surface area (Å²) in [6.07, 6.45) is 2.17. The fraction of sp³-hybridized carbons (Fsp3) is 0.556. The predicted octanol–water partition coefficient (Wildman–Crippen LogP) is 0.908. The van der Waals surface area contributed by atoms with Crippen molar-refractivity contribution in [3.63, 3.8) is 0 Å². The molecule has 4 aliphatic rings. The summed E-state index contributed by atoms with van der Waals surface area (Å²) in [7, 11) is 0. The highest BCUT2D eigenvalue weighted by atomic mass is 16.7. The summed E-state index contributed by atoms with van der Waals surface area (Å²) in [5, 5.41) is 0. The Balaban J connectivity index is 1.27. The fourth-order valence-corrected chi connectivity index (χ4v) is 4.58. The van der Waals surface area contributed by atoms with E-state index in [9.17, 15) is 9.59 Å². The molecule has 0 aromatic heterocycles. The number of likely N-dealkylation sites (tertiary alicyclic amines) is 1. The van der Waals surface area contributed by atoms with E-state index in [1.165, 1.54) is 0 Å². The third-order valence-electron chi connectivity index (χ3n) is 5.79. The lowest BCUT2D eigenvalue weighted by atomic mass is 10.1. The first-order chi connectivity index (χ1) is 12.2. The molecule has 3 saturated heterocycles. The lowest BCUT2D eigenvalue weighted by Gasteiger charge is -2.31. The van der Waals surface area contributed by atoms with E-state index >= 15 is 0 Å². The maximum Gasteiger partial charge on any atom is 0.231 e. The summed E-state index contributed by atoms with van der Waals surface area (Å²) in [6, 6.07) is 5.65. The van der Waals surface area contributed by atoms with Crippen molar-refractivity contribution < 1.29 is 23.8 Å². The van der Waals surface area contributed by atoms with E-state index in [1.54, 1.807) is 0 Å². The van der Waals surface area contributed by atoms with Crippen LogP contribution in [-0.4, -0.2) is 59.9 Å². The molecule has 4 heterocycles. The molecule has 2 atom stereocenters. The number of aryl methyl sites for hydroxylation is 1. The van der Waals surface area contributed by atoms with Gasteiger partial charge in [0.2, 0.25) is 18.6 Å². The van der Waals surface area contributed by atoms with Crippen LogP contribution in [0.15, 0.2) is 18.2 Å². The SMILES string of the molecule is O=C(CCc1ccc2c(c1)OCO2)N1CC[C@@]23OCCN2C(=O)C[C@@H]13. The van der Waals surface area contributed by atoms with Crippen LogP contribution >= 0.6 is 0 Å². The Morgan fingerprint density at radius 1 is 1.24 bits per heavy atom. The molecule has 1 aromatic rings. The highest BCUT2D eigenvalue weighted by Gasteiger charge is 2.62. The number of ether oxygens (including phenoxy) is 3. The molecule has 7 heteroatoms. The molecule has 25 heavy (non-hydrogen) atoms. The molecule has 7 nitrogen and oxygen atoms in total. The molecule has 0 N–H and O–H groups in total. The first-order valence-electron chi connectivity index (χ1n) is 8.80. The lowest BCUT2D eigenvalue weighted by Crippen LogP contribution is -2.48. The van der Waals surface area contributed by atoms with E-state index in [4.69, 9.17) is 14.2 Å². The van der Waals surface area contributed by atoms with Crippen LogP contribution in [0.3, 0.4) is 0 Å². The van der Waals surface area contributed by atoms with Gasteiger partial charge in [0.05, 0.1) is 19.1 Å². The van der Waals surface area contributed by atoms with Gasteiger partial charge in [-0.15, -0.1) is 0 Å². The van der Waals surface area contributed by atoms with Crippen molar-refractivity contribution in [2.75, 3.05) is 26.5 Å². The normalized spacial score (nSPS) is 29.3. The summed E-state index contributed by atoms with van der Waals surface area (Å²) < 4.78 is 16.6. The van der Waals surface area contributed by atoms with Gasteiger partial charge in [0.15, 0.2) is 17.2 Å². The number of nitrogens with zero attached hydrogens (tertiary/aromatic N) is 2. The summed E-state index contributed by atoms with van der Waals surface area (Å²) >= 11 is 0. The van der Waals surface area contributed by atoms with Gasteiger partial charge in [0.1, 0.15) is 0 Å². The summed E-state index contributed by atoms with van der Waals surface area (Å²) in [6.45, 7) is 2.13. The summed E-state index contributed by atoms with van der Waals surface area (Å²) in [4.78, 5) is 28.7. The van der Waals surface area contributed by atoms with Gasteiger partial charge in [-0.1, -0.05) is 6.07 Å². The fourth-order valence-electron chi connectivity index (χ4n) is 4.58. The van der Waals surface area contributed by atoms with Gasteiger partial charge >= 0.3 is 0 Å². The molecular formula is C18H20N2O5. The van der Waals surface area contributed by atoms with Crippen molar-refractivity contribution in [3.05, 3.63) is 23.8 Å². The first-order valence-corrected chi connectivity index (χ1v) is 8.80. The average molecular weight is 344 g/mol. The van der Waals surface area contributed by atoms with Crippen LogP contribution in [0.25, 0.3) is 0 Å². The molecule has 4 aliphatic heterocycles. The van der Waals surface area contributed by atoms with Crippen LogP contribution in [0.2, 0.25) is 0 Å². The zero-order valence-electron chi connectivity index (χ0n) is 13.9. The Morgan fingerprint density at radius 2 is 2.12 bits per heavy atom. The van der Waals surface area contributed by atoms with Gasteiger partial charge in [0, 0.05) is 25.9 Å². The third-order valence-corrected chi connectivity index (χ3v) is 5.79. The van der Waals surface area contributed by atoms with E-state index in [2.05, 4.69) is 0 Å². The molecule has 5 rings (SSSR count). The summed E-state index contributed by atoms with van der Waals surface area (Å²) in [5.41, 5.74) is 0.499. The minimum absolute atomic E-state index is 0.0877. The highest BCUT2D eigenvalue weighted by Crippen LogP contribution is 2.45. The molecule has 3 fully saturated rings. The maximum atomic E-state index is 12.8. The minimum atomic E-state index is -0.550. The Labute approximate surface area is 145 Å². The van der Waals surface area contributed by atoms with Crippen molar-refractivity contribution in [1.29, 1.82) is 0 Å². The Bertz CT molecular complexity index is 751. The van der Waals surface area contributed by atoms with Crippen LogP contribution < -0.4 is 9.47 Å². The Kier molecular flexibility index (Phi) is 3.22. The molecule has 1 aromatic carbocycles. The van der Waals surface area contributed by atoms with E-state index in [-0.39, 0.29) is 24.6 Å². The van der Waals surface area contributed by atoms with Gasteiger partial charge in [0.25, 0.3) is 0 Å². The zero-order valence-corrected chi connectivity index (χ0v) is 13.9. The van der Waals surface area contributed by atoms with E-state index < -0.39 is 5.72 Å². The number of hydrogen-bond acceptors (Lipinski definition) is 5. The zero-order chi connectivity index (χ0) is 17.0. The molecule has 0 bridgehead atoms. The quantitative estimate of drug-likeness (QED) is 0.815. The van der Waals surface area contributed by atoms with Crippen molar-refractivity contribution in [3.8, 4) is 11.5 Å². The number of hydrogen-bond donors (Lipinski definition) is 0. The highest BCUT2D eigenvalue weighted by molar-refractivity contribution is 5.84. The molecule has 0 radical (unpaired) electrons. The Morgan fingerprint density at radius 3 is 3.04 bits per heavy atom. The summed E-state index contributed by atoms with van der Waals surface area (Å²) in [5.74, 6) is 1.68. The van der Waals surface area contributed by atoms with Crippen LogP contribution in [0.1, 0.15) is 24.8 Å². The van der Waals surface area contributed by atoms with Crippen LogP contribution in [0, 0.1) is 0 Å². The van der Waals surface area contributed by atoms with E-state index in [0.29, 0.717) is 39.0 Å². The van der Waals surface area contributed by atoms with Gasteiger partial charge < -0.3 is 24.0 Å². The average Bonchev–Trinajstić information content (AvgIpc) is 3.35.